The van der Waals surface area contributed by atoms with Gasteiger partial charge in [0.1, 0.15) is 0 Å². The van der Waals surface area contributed by atoms with Gasteiger partial charge in [0.05, 0.1) is 6.10 Å². The van der Waals surface area contributed by atoms with Crippen LogP contribution in [0.2, 0.25) is 0 Å². The summed E-state index contributed by atoms with van der Waals surface area (Å²) in [5.41, 5.74) is 2.10. The topological polar surface area (TPSA) is 66.6 Å². The van der Waals surface area contributed by atoms with Gasteiger partial charge in [0.15, 0.2) is 11.5 Å². The third kappa shape index (κ3) is 4.57. The second kappa shape index (κ2) is 9.05. The van der Waals surface area contributed by atoms with Gasteiger partial charge in [-0.1, -0.05) is 78.7 Å². The molecule has 1 amide bonds. The van der Waals surface area contributed by atoms with Crippen LogP contribution in [0.4, 0.5) is 0 Å². The number of aliphatic hydroxyl groups is 1. The summed E-state index contributed by atoms with van der Waals surface area (Å²) in [6.45, 7) is 0.679. The van der Waals surface area contributed by atoms with Crippen LogP contribution < -0.4 is 0 Å². The summed E-state index contributed by atoms with van der Waals surface area (Å²) in [4.78, 5) is 15.1. The zero-order valence-corrected chi connectivity index (χ0v) is 16.4. The summed E-state index contributed by atoms with van der Waals surface area (Å²) >= 11 is 0. The fourth-order valence-corrected chi connectivity index (χ4v) is 4.02. The van der Waals surface area contributed by atoms with E-state index in [0.29, 0.717) is 24.4 Å². The normalized spacial score (nSPS) is 18.2. The lowest BCUT2D eigenvalue weighted by atomic mass is 9.98. The highest BCUT2D eigenvalue weighted by atomic mass is 16.5. The Balaban J connectivity index is 1.52. The van der Waals surface area contributed by atoms with Gasteiger partial charge in [0.25, 0.3) is 5.91 Å². The van der Waals surface area contributed by atoms with Crippen LogP contribution in [0.3, 0.4) is 0 Å². The fourth-order valence-electron chi connectivity index (χ4n) is 4.02. The molecule has 1 aromatic heterocycles. The summed E-state index contributed by atoms with van der Waals surface area (Å²) in [7, 11) is 0. The molecule has 2 aromatic carbocycles. The molecule has 1 aliphatic heterocycles. The van der Waals surface area contributed by atoms with Gasteiger partial charge in [-0.25, -0.2) is 0 Å². The van der Waals surface area contributed by atoms with E-state index in [2.05, 4.69) is 5.16 Å². The lowest BCUT2D eigenvalue weighted by Crippen LogP contribution is -2.41. The minimum absolute atomic E-state index is 0.0166. The first-order valence-electron chi connectivity index (χ1n) is 10.3. The maximum absolute atomic E-state index is 13.2. The highest BCUT2D eigenvalue weighted by molar-refractivity contribution is 5.93. The van der Waals surface area contributed by atoms with Gasteiger partial charge in [-0.2, -0.15) is 0 Å². The van der Waals surface area contributed by atoms with Crippen molar-refractivity contribution in [3.63, 3.8) is 0 Å². The van der Waals surface area contributed by atoms with Crippen molar-refractivity contribution in [3.8, 4) is 11.3 Å². The average molecular weight is 390 g/mol. The van der Waals surface area contributed by atoms with Crippen LogP contribution in [-0.2, 0) is 0 Å². The van der Waals surface area contributed by atoms with Crippen molar-refractivity contribution < 1.29 is 14.4 Å². The molecule has 1 saturated heterocycles. The van der Waals surface area contributed by atoms with E-state index < -0.39 is 6.10 Å². The van der Waals surface area contributed by atoms with E-state index in [4.69, 9.17) is 4.52 Å². The molecule has 150 valence electrons. The molecular weight excluding hydrogens is 364 g/mol. The number of aliphatic hydroxyl groups excluding tert-OH is 1. The van der Waals surface area contributed by atoms with Crippen molar-refractivity contribution in [1.82, 2.24) is 10.1 Å². The first kappa shape index (κ1) is 19.4. The Morgan fingerprint density at radius 1 is 1.07 bits per heavy atom. The van der Waals surface area contributed by atoms with Gasteiger partial charge in [-0.05, 0) is 24.8 Å². The highest BCUT2D eigenvalue weighted by Crippen LogP contribution is 2.28. The van der Waals surface area contributed by atoms with E-state index in [1.807, 2.05) is 65.6 Å². The average Bonchev–Trinajstić information content (AvgIpc) is 3.16. The Morgan fingerprint density at radius 2 is 1.79 bits per heavy atom. The summed E-state index contributed by atoms with van der Waals surface area (Å²) in [5.74, 6) is 0.465. The quantitative estimate of drug-likeness (QED) is 0.676. The van der Waals surface area contributed by atoms with Crippen molar-refractivity contribution >= 4 is 5.91 Å². The van der Waals surface area contributed by atoms with Crippen LogP contribution in [0.5, 0.6) is 0 Å². The van der Waals surface area contributed by atoms with Gasteiger partial charge < -0.3 is 14.5 Å². The molecular formula is C24H26N2O3. The van der Waals surface area contributed by atoms with Crippen LogP contribution in [0.25, 0.3) is 11.3 Å². The predicted molar refractivity (Wildman–Crippen MR) is 111 cm³/mol. The maximum atomic E-state index is 13.2. The van der Waals surface area contributed by atoms with Gasteiger partial charge in [0.2, 0.25) is 0 Å². The van der Waals surface area contributed by atoms with Gasteiger partial charge in [-0.15, -0.1) is 0 Å². The Hall–Kier alpha value is -2.92. The number of benzene rings is 2. The molecule has 0 radical (unpaired) electrons. The predicted octanol–water partition coefficient (Wildman–Crippen LogP) is 4.85. The molecule has 0 spiro atoms. The minimum atomic E-state index is -0.591. The molecule has 29 heavy (non-hydrogen) atoms. The monoisotopic (exact) mass is 390 g/mol. The molecule has 2 unspecified atom stereocenters. The van der Waals surface area contributed by atoms with Crippen molar-refractivity contribution in [2.75, 3.05) is 6.54 Å². The van der Waals surface area contributed by atoms with Gasteiger partial charge >= 0.3 is 0 Å². The molecule has 0 saturated carbocycles. The SMILES string of the molecule is O=C(c1cc(-c2ccccc2)on1)N1CCCCCC1CC(O)c1ccccc1. The Morgan fingerprint density at radius 3 is 2.55 bits per heavy atom. The van der Waals surface area contributed by atoms with Crippen LogP contribution in [-0.4, -0.2) is 33.7 Å². The molecule has 4 rings (SSSR count). The van der Waals surface area contributed by atoms with Gasteiger partial charge in [0, 0.05) is 24.2 Å². The molecule has 3 aromatic rings. The molecule has 0 bridgehead atoms. The van der Waals surface area contributed by atoms with Crippen LogP contribution >= 0.6 is 0 Å². The summed E-state index contributed by atoms with van der Waals surface area (Å²) < 4.78 is 5.43. The van der Waals surface area contributed by atoms with Crippen molar-refractivity contribution in [3.05, 3.63) is 78.0 Å². The number of aromatic nitrogens is 1. The second-order valence-corrected chi connectivity index (χ2v) is 7.61. The van der Waals surface area contributed by atoms with Crippen molar-refractivity contribution in [1.29, 1.82) is 0 Å². The number of nitrogens with zero attached hydrogens (tertiary/aromatic N) is 2. The smallest absolute Gasteiger partial charge is 0.276 e. The standard InChI is InChI=1S/C24H26N2O3/c27-22(18-10-4-1-5-11-18)16-20-14-8-3-9-15-26(20)24(28)21-17-23(29-25-21)19-12-6-2-7-13-19/h1-2,4-7,10-13,17,20,22,27H,3,8-9,14-16H2. The van der Waals surface area contributed by atoms with Crippen molar-refractivity contribution in [2.24, 2.45) is 0 Å². The van der Waals surface area contributed by atoms with E-state index in [0.717, 1.165) is 36.8 Å². The number of hydrogen-bond acceptors (Lipinski definition) is 4. The summed E-state index contributed by atoms with van der Waals surface area (Å²) in [6, 6.07) is 21.0. The fraction of sp³-hybridized carbons (Fsp3) is 0.333. The highest BCUT2D eigenvalue weighted by Gasteiger charge is 2.30. The maximum Gasteiger partial charge on any atom is 0.276 e. The van der Waals surface area contributed by atoms with E-state index in [9.17, 15) is 9.90 Å². The van der Waals surface area contributed by atoms with E-state index >= 15 is 0 Å². The Labute approximate surface area is 171 Å². The van der Waals surface area contributed by atoms with E-state index in [-0.39, 0.29) is 11.9 Å². The number of carbonyl (C=O) groups excluding carboxylic acids is 1. The molecule has 2 atom stereocenters. The van der Waals surface area contributed by atoms with Crippen LogP contribution in [0.15, 0.2) is 71.3 Å². The molecule has 2 heterocycles. The second-order valence-electron chi connectivity index (χ2n) is 7.61. The van der Waals surface area contributed by atoms with Gasteiger partial charge in [-0.3, -0.25) is 4.79 Å². The minimum Gasteiger partial charge on any atom is -0.388 e. The Kier molecular flexibility index (Phi) is 6.06. The third-order valence-electron chi connectivity index (χ3n) is 5.61. The first-order valence-corrected chi connectivity index (χ1v) is 10.3. The number of carbonyl (C=O) groups is 1. The van der Waals surface area contributed by atoms with Crippen LogP contribution in [0, 0.1) is 0 Å². The largest absolute Gasteiger partial charge is 0.388 e. The zero-order chi connectivity index (χ0) is 20.1. The lowest BCUT2D eigenvalue weighted by Gasteiger charge is -2.31. The molecule has 5 nitrogen and oxygen atoms in total. The van der Waals surface area contributed by atoms with E-state index in [1.165, 1.54) is 0 Å². The lowest BCUT2D eigenvalue weighted by molar-refractivity contribution is 0.0578. The molecule has 5 heteroatoms. The number of rotatable bonds is 5. The number of likely N-dealkylation sites (tertiary alicyclic amines) is 1. The number of hydrogen-bond donors (Lipinski definition) is 1. The molecule has 0 aliphatic carbocycles. The van der Waals surface area contributed by atoms with Crippen LogP contribution in [0.1, 0.15) is 54.3 Å². The third-order valence-corrected chi connectivity index (χ3v) is 5.61. The van der Waals surface area contributed by atoms with E-state index in [1.54, 1.807) is 6.07 Å². The Bertz CT molecular complexity index is 924. The number of amides is 1. The molecule has 1 fully saturated rings. The zero-order valence-electron chi connectivity index (χ0n) is 16.4. The summed E-state index contributed by atoms with van der Waals surface area (Å²) in [5, 5.41) is 14.8. The molecule has 1 aliphatic rings. The molecule has 1 N–H and O–H groups in total. The summed E-state index contributed by atoms with van der Waals surface area (Å²) in [6.07, 6.45) is 3.94. The van der Waals surface area contributed by atoms with Crippen molar-refractivity contribution in [2.45, 2.75) is 44.2 Å². The first-order chi connectivity index (χ1) is 14.2.